The van der Waals surface area contributed by atoms with Crippen LogP contribution in [0.2, 0.25) is 0 Å². The van der Waals surface area contributed by atoms with Crippen molar-refractivity contribution in [3.63, 3.8) is 0 Å². The number of sulfonamides is 1. The van der Waals surface area contributed by atoms with Gasteiger partial charge in [0.1, 0.15) is 10.6 Å². The first-order valence-corrected chi connectivity index (χ1v) is 6.65. The maximum atomic E-state index is 12.1. The summed E-state index contributed by atoms with van der Waals surface area (Å²) in [7, 11) is -3.51. The Morgan fingerprint density at radius 2 is 2.25 bits per heavy atom. The summed E-state index contributed by atoms with van der Waals surface area (Å²) in [5, 5.41) is 6.75. The molecule has 1 aliphatic heterocycles. The lowest BCUT2D eigenvalue weighted by atomic mass is 10.3. The molecule has 0 aromatic carbocycles. The Morgan fingerprint density at radius 1 is 1.50 bits per heavy atom. The quantitative estimate of drug-likeness (QED) is 0.779. The number of rotatable bonds is 3. The highest BCUT2D eigenvalue weighted by Crippen LogP contribution is 2.19. The molecular formula is C9H15N3O3S. The maximum Gasteiger partial charge on any atom is 0.246 e. The molecule has 1 aliphatic rings. The predicted octanol–water partition coefficient (Wildman–Crippen LogP) is -0.0684. The van der Waals surface area contributed by atoms with Crippen LogP contribution in [0, 0.1) is 13.8 Å². The Labute approximate surface area is 94.4 Å². The molecule has 7 heteroatoms. The van der Waals surface area contributed by atoms with E-state index >= 15 is 0 Å². The Kier molecular flexibility index (Phi) is 3.00. The summed E-state index contributed by atoms with van der Waals surface area (Å²) in [5.41, 5.74) is 0.399. The van der Waals surface area contributed by atoms with Crippen molar-refractivity contribution in [2.24, 2.45) is 0 Å². The second kappa shape index (κ2) is 4.15. The first kappa shape index (κ1) is 11.6. The summed E-state index contributed by atoms with van der Waals surface area (Å²) < 4.78 is 31.6. The summed E-state index contributed by atoms with van der Waals surface area (Å²) in [6.45, 7) is 4.73. The van der Waals surface area contributed by atoms with E-state index in [-0.39, 0.29) is 10.9 Å². The molecule has 1 saturated heterocycles. The number of hydrogen-bond acceptors (Lipinski definition) is 5. The zero-order chi connectivity index (χ0) is 11.8. The maximum absolute atomic E-state index is 12.1. The number of hydrogen-bond donors (Lipinski definition) is 2. The third-order valence-electron chi connectivity index (χ3n) is 2.62. The van der Waals surface area contributed by atoms with Crippen molar-refractivity contribution in [3.05, 3.63) is 11.5 Å². The van der Waals surface area contributed by atoms with E-state index in [1.54, 1.807) is 13.8 Å². The van der Waals surface area contributed by atoms with Gasteiger partial charge in [0.05, 0.1) is 0 Å². The van der Waals surface area contributed by atoms with Gasteiger partial charge in [-0.15, -0.1) is 0 Å². The average Bonchev–Trinajstić information content (AvgIpc) is 2.76. The molecule has 0 aliphatic carbocycles. The molecule has 1 unspecified atom stereocenters. The molecular weight excluding hydrogens is 230 g/mol. The fourth-order valence-corrected chi connectivity index (χ4v) is 3.49. The van der Waals surface area contributed by atoms with Gasteiger partial charge in [-0.3, -0.25) is 0 Å². The van der Waals surface area contributed by atoms with Crippen LogP contribution < -0.4 is 10.0 Å². The summed E-state index contributed by atoms with van der Waals surface area (Å²) in [4.78, 5) is 0.166. The molecule has 0 radical (unpaired) electrons. The lowest BCUT2D eigenvalue weighted by Gasteiger charge is -2.11. The van der Waals surface area contributed by atoms with E-state index in [4.69, 9.17) is 4.52 Å². The van der Waals surface area contributed by atoms with Crippen molar-refractivity contribution < 1.29 is 12.9 Å². The summed E-state index contributed by atoms with van der Waals surface area (Å²) >= 11 is 0. The van der Waals surface area contributed by atoms with Gasteiger partial charge < -0.3 is 9.84 Å². The van der Waals surface area contributed by atoms with E-state index < -0.39 is 10.0 Å². The Morgan fingerprint density at radius 3 is 2.75 bits per heavy atom. The molecule has 0 bridgehead atoms. The van der Waals surface area contributed by atoms with Crippen molar-refractivity contribution >= 4 is 10.0 Å². The van der Waals surface area contributed by atoms with Crippen molar-refractivity contribution in [2.75, 3.05) is 13.1 Å². The Bertz CT molecular complexity index is 455. The number of aromatic nitrogens is 1. The SMILES string of the molecule is Cc1noc(C)c1S(=O)(=O)NC1CCNC1. The smallest absolute Gasteiger partial charge is 0.246 e. The van der Waals surface area contributed by atoms with Crippen LogP contribution in [0.3, 0.4) is 0 Å². The van der Waals surface area contributed by atoms with Crippen molar-refractivity contribution in [1.29, 1.82) is 0 Å². The van der Waals surface area contributed by atoms with Crippen LogP contribution in [0.15, 0.2) is 9.42 Å². The zero-order valence-corrected chi connectivity index (χ0v) is 10.1. The molecule has 2 heterocycles. The van der Waals surface area contributed by atoms with Crippen LogP contribution in [0.25, 0.3) is 0 Å². The van der Waals surface area contributed by atoms with Crippen molar-refractivity contribution in [3.8, 4) is 0 Å². The minimum Gasteiger partial charge on any atom is -0.360 e. The Hall–Kier alpha value is -0.920. The molecule has 0 amide bonds. The fourth-order valence-electron chi connectivity index (χ4n) is 1.89. The van der Waals surface area contributed by atoms with E-state index in [2.05, 4.69) is 15.2 Å². The van der Waals surface area contributed by atoms with Crippen molar-refractivity contribution in [2.45, 2.75) is 31.2 Å². The second-order valence-corrected chi connectivity index (χ2v) is 5.62. The highest BCUT2D eigenvalue weighted by Gasteiger charge is 2.28. The number of nitrogens with one attached hydrogen (secondary N) is 2. The average molecular weight is 245 g/mol. The summed E-state index contributed by atoms with van der Waals surface area (Å²) in [5.74, 6) is 0.330. The fraction of sp³-hybridized carbons (Fsp3) is 0.667. The lowest BCUT2D eigenvalue weighted by molar-refractivity contribution is 0.390. The van der Waals surface area contributed by atoms with Crippen LogP contribution in [0.5, 0.6) is 0 Å². The molecule has 1 aromatic rings. The molecule has 0 spiro atoms. The minimum absolute atomic E-state index is 0.0429. The van der Waals surface area contributed by atoms with E-state index in [0.717, 1.165) is 13.0 Å². The van der Waals surface area contributed by atoms with Gasteiger partial charge in [-0.05, 0) is 26.8 Å². The third-order valence-corrected chi connectivity index (χ3v) is 4.38. The largest absolute Gasteiger partial charge is 0.360 e. The standard InChI is InChI=1S/C9H15N3O3S/c1-6-9(7(2)15-11-6)16(13,14)12-8-3-4-10-5-8/h8,10,12H,3-5H2,1-2H3. The van der Waals surface area contributed by atoms with Gasteiger partial charge in [0, 0.05) is 12.6 Å². The van der Waals surface area contributed by atoms with Crippen LogP contribution in [-0.2, 0) is 10.0 Å². The van der Waals surface area contributed by atoms with Crippen LogP contribution in [-0.4, -0.2) is 32.7 Å². The number of nitrogens with zero attached hydrogens (tertiary/aromatic N) is 1. The van der Waals surface area contributed by atoms with E-state index in [1.165, 1.54) is 0 Å². The van der Waals surface area contributed by atoms with Gasteiger partial charge in [0.25, 0.3) is 0 Å². The topological polar surface area (TPSA) is 84.2 Å². The first-order chi connectivity index (χ1) is 7.50. The van der Waals surface area contributed by atoms with Gasteiger partial charge in [-0.1, -0.05) is 5.16 Å². The zero-order valence-electron chi connectivity index (χ0n) is 9.28. The predicted molar refractivity (Wildman–Crippen MR) is 57.6 cm³/mol. The van der Waals surface area contributed by atoms with Gasteiger partial charge in [-0.25, -0.2) is 13.1 Å². The van der Waals surface area contributed by atoms with Gasteiger partial charge in [-0.2, -0.15) is 0 Å². The van der Waals surface area contributed by atoms with Gasteiger partial charge in [0.2, 0.25) is 10.0 Å². The first-order valence-electron chi connectivity index (χ1n) is 5.16. The number of aryl methyl sites for hydroxylation is 2. The normalized spacial score (nSPS) is 21.5. The van der Waals surface area contributed by atoms with Crippen LogP contribution in [0.1, 0.15) is 17.9 Å². The summed E-state index contributed by atoms with van der Waals surface area (Å²) in [6, 6.07) is -0.0429. The summed E-state index contributed by atoms with van der Waals surface area (Å²) in [6.07, 6.45) is 0.808. The molecule has 6 nitrogen and oxygen atoms in total. The van der Waals surface area contributed by atoms with Crippen molar-refractivity contribution in [1.82, 2.24) is 15.2 Å². The molecule has 2 rings (SSSR count). The van der Waals surface area contributed by atoms with Gasteiger partial charge >= 0.3 is 0 Å². The second-order valence-electron chi connectivity index (χ2n) is 3.96. The third kappa shape index (κ3) is 2.11. The molecule has 0 saturated carbocycles. The monoisotopic (exact) mass is 245 g/mol. The van der Waals surface area contributed by atoms with Crippen LogP contribution in [0.4, 0.5) is 0 Å². The Balaban J connectivity index is 2.25. The molecule has 90 valence electrons. The molecule has 1 aromatic heterocycles. The van der Waals surface area contributed by atoms with Crippen LogP contribution >= 0.6 is 0 Å². The lowest BCUT2D eigenvalue weighted by Crippen LogP contribution is -2.36. The molecule has 1 atom stereocenters. The highest BCUT2D eigenvalue weighted by atomic mass is 32.2. The molecule has 2 N–H and O–H groups in total. The minimum atomic E-state index is -3.51. The molecule has 1 fully saturated rings. The van der Waals surface area contributed by atoms with E-state index in [1.807, 2.05) is 0 Å². The van der Waals surface area contributed by atoms with E-state index in [0.29, 0.717) is 18.0 Å². The highest BCUT2D eigenvalue weighted by molar-refractivity contribution is 7.89. The van der Waals surface area contributed by atoms with Gasteiger partial charge in [0.15, 0.2) is 5.76 Å². The molecule has 16 heavy (non-hydrogen) atoms. The van der Waals surface area contributed by atoms with E-state index in [9.17, 15) is 8.42 Å².